The molecule has 0 bridgehead atoms. The first-order valence-electron chi connectivity index (χ1n) is 7.75. The average Bonchev–Trinajstić information content (AvgIpc) is 3.09. The summed E-state index contributed by atoms with van der Waals surface area (Å²) in [6, 6.07) is 11.4. The summed E-state index contributed by atoms with van der Waals surface area (Å²) in [6.45, 7) is 2.58. The molecule has 1 heterocycles. The zero-order chi connectivity index (χ0) is 14.7. The Morgan fingerprint density at radius 1 is 1.19 bits per heavy atom. The summed E-state index contributed by atoms with van der Waals surface area (Å²) < 4.78 is 5.50. The molecule has 1 aromatic carbocycles. The lowest BCUT2D eigenvalue weighted by atomic mass is 9.94. The normalized spacial score (nSPS) is 22.0. The largest absolute Gasteiger partial charge is 0.424 e. The molecular weight excluding hydrogens is 262 g/mol. The van der Waals surface area contributed by atoms with E-state index in [9.17, 15) is 0 Å². The van der Waals surface area contributed by atoms with Crippen LogP contribution in [0.25, 0.3) is 0 Å². The minimum absolute atomic E-state index is 0.609. The van der Waals surface area contributed by atoms with Crippen molar-refractivity contribution in [2.24, 2.45) is 5.92 Å². The third-order valence-electron chi connectivity index (χ3n) is 4.48. The van der Waals surface area contributed by atoms with Gasteiger partial charge in [-0.1, -0.05) is 36.8 Å². The fraction of sp³-hybridized carbons (Fsp3) is 0.529. The molecule has 0 saturated heterocycles. The van der Waals surface area contributed by atoms with E-state index in [1.54, 1.807) is 0 Å². The standard InChI is InChI=1S/C17H23N3O/c1-13-18-19-17(21-13)12-20(2)16-10-6-9-15(16)11-14-7-4-3-5-8-14/h3-5,7-8,15-16H,6,9-12H2,1-2H3/t15-,16-/m0/s1. The van der Waals surface area contributed by atoms with Crippen molar-refractivity contribution in [3.63, 3.8) is 0 Å². The van der Waals surface area contributed by atoms with Gasteiger partial charge < -0.3 is 4.42 Å². The van der Waals surface area contributed by atoms with Crippen LogP contribution in [0, 0.1) is 12.8 Å². The highest BCUT2D eigenvalue weighted by molar-refractivity contribution is 5.16. The summed E-state index contributed by atoms with van der Waals surface area (Å²) in [6.07, 6.45) is 5.06. The van der Waals surface area contributed by atoms with Crippen LogP contribution in [0.2, 0.25) is 0 Å². The summed E-state index contributed by atoms with van der Waals surface area (Å²) in [5.74, 6) is 2.09. The van der Waals surface area contributed by atoms with Gasteiger partial charge in [0.05, 0.1) is 6.54 Å². The van der Waals surface area contributed by atoms with Crippen LogP contribution in [0.3, 0.4) is 0 Å². The molecule has 112 valence electrons. The Balaban J connectivity index is 1.63. The highest BCUT2D eigenvalue weighted by atomic mass is 16.4. The van der Waals surface area contributed by atoms with E-state index in [0.717, 1.165) is 18.4 Å². The second-order valence-corrected chi connectivity index (χ2v) is 6.08. The number of aromatic nitrogens is 2. The minimum Gasteiger partial charge on any atom is -0.424 e. The molecule has 1 aliphatic rings. The molecule has 2 atom stereocenters. The van der Waals surface area contributed by atoms with E-state index in [-0.39, 0.29) is 0 Å². The van der Waals surface area contributed by atoms with Gasteiger partial charge in [0.25, 0.3) is 0 Å². The molecule has 0 aliphatic heterocycles. The third kappa shape index (κ3) is 3.50. The number of hydrogen-bond donors (Lipinski definition) is 0. The number of nitrogens with zero attached hydrogens (tertiary/aromatic N) is 3. The van der Waals surface area contributed by atoms with Crippen LogP contribution < -0.4 is 0 Å². The van der Waals surface area contributed by atoms with Crippen molar-refractivity contribution in [1.82, 2.24) is 15.1 Å². The molecule has 21 heavy (non-hydrogen) atoms. The van der Waals surface area contributed by atoms with Crippen LogP contribution in [0.1, 0.15) is 36.6 Å². The highest BCUT2D eigenvalue weighted by Crippen LogP contribution is 2.32. The van der Waals surface area contributed by atoms with Crippen LogP contribution in [-0.2, 0) is 13.0 Å². The van der Waals surface area contributed by atoms with E-state index >= 15 is 0 Å². The molecule has 1 fully saturated rings. The Labute approximate surface area is 126 Å². The van der Waals surface area contributed by atoms with Crippen molar-refractivity contribution in [1.29, 1.82) is 0 Å². The number of hydrogen-bond acceptors (Lipinski definition) is 4. The van der Waals surface area contributed by atoms with E-state index < -0.39 is 0 Å². The summed E-state index contributed by atoms with van der Waals surface area (Å²) in [5.41, 5.74) is 1.44. The van der Waals surface area contributed by atoms with Gasteiger partial charge in [-0.3, -0.25) is 4.90 Å². The van der Waals surface area contributed by atoms with Gasteiger partial charge in [0.1, 0.15) is 0 Å². The fourth-order valence-corrected chi connectivity index (χ4v) is 3.48. The van der Waals surface area contributed by atoms with Crippen LogP contribution in [0.5, 0.6) is 0 Å². The first-order chi connectivity index (χ1) is 10.2. The van der Waals surface area contributed by atoms with Gasteiger partial charge in [0.15, 0.2) is 0 Å². The maximum atomic E-state index is 5.50. The smallest absolute Gasteiger partial charge is 0.230 e. The van der Waals surface area contributed by atoms with Crippen LogP contribution in [0.15, 0.2) is 34.7 Å². The zero-order valence-corrected chi connectivity index (χ0v) is 12.8. The minimum atomic E-state index is 0.609. The average molecular weight is 285 g/mol. The Morgan fingerprint density at radius 3 is 2.71 bits per heavy atom. The van der Waals surface area contributed by atoms with Gasteiger partial charge in [-0.05, 0) is 37.8 Å². The SMILES string of the molecule is Cc1nnc(CN(C)[C@H]2CCC[C@H]2Cc2ccccc2)o1. The van der Waals surface area contributed by atoms with Crippen molar-refractivity contribution in [2.45, 2.75) is 45.2 Å². The van der Waals surface area contributed by atoms with E-state index in [1.165, 1.54) is 31.2 Å². The molecular formula is C17H23N3O. The number of rotatable bonds is 5. The summed E-state index contributed by atoms with van der Waals surface area (Å²) >= 11 is 0. The van der Waals surface area contributed by atoms with Gasteiger partial charge >= 0.3 is 0 Å². The highest BCUT2D eigenvalue weighted by Gasteiger charge is 2.30. The summed E-state index contributed by atoms with van der Waals surface area (Å²) in [7, 11) is 2.17. The molecule has 0 amide bonds. The maximum absolute atomic E-state index is 5.50. The predicted molar refractivity (Wildman–Crippen MR) is 81.8 cm³/mol. The lowest BCUT2D eigenvalue weighted by Crippen LogP contribution is -2.35. The topological polar surface area (TPSA) is 42.2 Å². The van der Waals surface area contributed by atoms with Crippen molar-refractivity contribution in [3.05, 3.63) is 47.7 Å². The molecule has 1 aromatic heterocycles. The maximum Gasteiger partial charge on any atom is 0.230 e. The van der Waals surface area contributed by atoms with Crippen molar-refractivity contribution in [3.8, 4) is 0 Å². The lowest BCUT2D eigenvalue weighted by Gasteiger charge is -2.28. The lowest BCUT2D eigenvalue weighted by molar-refractivity contribution is 0.173. The van der Waals surface area contributed by atoms with Gasteiger partial charge in [-0.25, -0.2) is 0 Å². The fourth-order valence-electron chi connectivity index (χ4n) is 3.48. The predicted octanol–water partition coefficient (Wildman–Crippen LogP) is 3.22. The second-order valence-electron chi connectivity index (χ2n) is 6.08. The van der Waals surface area contributed by atoms with Crippen molar-refractivity contribution >= 4 is 0 Å². The molecule has 1 aliphatic carbocycles. The van der Waals surface area contributed by atoms with Crippen LogP contribution in [0.4, 0.5) is 0 Å². The van der Waals surface area contributed by atoms with Gasteiger partial charge in [-0.15, -0.1) is 10.2 Å². The summed E-state index contributed by atoms with van der Waals surface area (Å²) in [4.78, 5) is 2.38. The van der Waals surface area contributed by atoms with E-state index in [0.29, 0.717) is 11.9 Å². The zero-order valence-electron chi connectivity index (χ0n) is 12.8. The Kier molecular flexibility index (Phi) is 4.34. The van der Waals surface area contributed by atoms with E-state index in [4.69, 9.17) is 4.42 Å². The molecule has 0 unspecified atom stereocenters. The Hall–Kier alpha value is -1.68. The third-order valence-corrected chi connectivity index (χ3v) is 4.48. The number of benzene rings is 1. The monoisotopic (exact) mass is 285 g/mol. The molecule has 0 radical (unpaired) electrons. The molecule has 3 rings (SSSR count). The van der Waals surface area contributed by atoms with Crippen LogP contribution in [-0.4, -0.2) is 28.2 Å². The first-order valence-corrected chi connectivity index (χ1v) is 7.75. The first kappa shape index (κ1) is 14.3. The van der Waals surface area contributed by atoms with Crippen molar-refractivity contribution < 1.29 is 4.42 Å². The molecule has 4 heteroatoms. The molecule has 1 saturated carbocycles. The van der Waals surface area contributed by atoms with E-state index in [1.807, 2.05) is 6.92 Å². The Bertz CT molecular complexity index is 566. The molecule has 0 spiro atoms. The van der Waals surface area contributed by atoms with Gasteiger partial charge in [0, 0.05) is 13.0 Å². The van der Waals surface area contributed by atoms with Gasteiger partial charge in [-0.2, -0.15) is 0 Å². The molecule has 0 N–H and O–H groups in total. The molecule has 2 aromatic rings. The Morgan fingerprint density at radius 2 is 2.00 bits per heavy atom. The number of aryl methyl sites for hydroxylation is 1. The molecule has 4 nitrogen and oxygen atoms in total. The van der Waals surface area contributed by atoms with E-state index in [2.05, 4.69) is 52.5 Å². The van der Waals surface area contributed by atoms with Crippen molar-refractivity contribution in [2.75, 3.05) is 7.05 Å². The van der Waals surface area contributed by atoms with Gasteiger partial charge in [0.2, 0.25) is 11.8 Å². The second kappa shape index (κ2) is 6.39. The quantitative estimate of drug-likeness (QED) is 0.846. The van der Waals surface area contributed by atoms with Crippen LogP contribution >= 0.6 is 0 Å². The summed E-state index contributed by atoms with van der Waals surface area (Å²) in [5, 5.41) is 8.02.